The SMILES string of the molecule is CCC(=O)Nc1ccc(C)c(NC(=O)c2ccn(CC)c(=O)c2)c1. The van der Waals surface area contributed by atoms with Crippen molar-refractivity contribution in [1.29, 1.82) is 0 Å². The molecule has 0 atom stereocenters. The van der Waals surface area contributed by atoms with E-state index in [0.717, 1.165) is 5.56 Å². The largest absolute Gasteiger partial charge is 0.326 e. The van der Waals surface area contributed by atoms with Gasteiger partial charge in [0, 0.05) is 42.2 Å². The lowest BCUT2D eigenvalue weighted by Crippen LogP contribution is -2.21. The number of carbonyl (C=O) groups is 2. The first-order chi connectivity index (χ1) is 11.4. The van der Waals surface area contributed by atoms with Crippen molar-refractivity contribution in [3.8, 4) is 0 Å². The Kier molecular flexibility index (Phi) is 5.52. The zero-order valence-corrected chi connectivity index (χ0v) is 14.1. The van der Waals surface area contributed by atoms with Crippen molar-refractivity contribution in [1.82, 2.24) is 4.57 Å². The number of aromatic nitrogens is 1. The van der Waals surface area contributed by atoms with Crippen molar-refractivity contribution in [2.75, 3.05) is 10.6 Å². The van der Waals surface area contributed by atoms with E-state index in [1.807, 2.05) is 19.9 Å². The summed E-state index contributed by atoms with van der Waals surface area (Å²) < 4.78 is 1.52. The molecule has 0 unspecified atom stereocenters. The number of hydrogen-bond acceptors (Lipinski definition) is 3. The number of anilines is 2. The number of aryl methyl sites for hydroxylation is 2. The van der Waals surface area contributed by atoms with Crippen molar-refractivity contribution in [2.24, 2.45) is 0 Å². The Morgan fingerprint density at radius 2 is 1.83 bits per heavy atom. The molecule has 0 fully saturated rings. The first-order valence-electron chi connectivity index (χ1n) is 7.87. The molecule has 0 bridgehead atoms. The topological polar surface area (TPSA) is 80.2 Å². The van der Waals surface area contributed by atoms with E-state index in [2.05, 4.69) is 10.6 Å². The summed E-state index contributed by atoms with van der Waals surface area (Å²) >= 11 is 0. The highest BCUT2D eigenvalue weighted by atomic mass is 16.2. The molecule has 2 N–H and O–H groups in total. The highest BCUT2D eigenvalue weighted by Crippen LogP contribution is 2.21. The molecule has 24 heavy (non-hydrogen) atoms. The van der Waals surface area contributed by atoms with Gasteiger partial charge < -0.3 is 15.2 Å². The summed E-state index contributed by atoms with van der Waals surface area (Å²) in [4.78, 5) is 35.7. The molecule has 0 saturated heterocycles. The predicted molar refractivity (Wildman–Crippen MR) is 94.4 cm³/mol. The van der Waals surface area contributed by atoms with Crippen molar-refractivity contribution >= 4 is 23.2 Å². The van der Waals surface area contributed by atoms with E-state index < -0.39 is 0 Å². The van der Waals surface area contributed by atoms with Gasteiger partial charge in [0.25, 0.3) is 11.5 Å². The van der Waals surface area contributed by atoms with Crippen LogP contribution in [0.15, 0.2) is 41.3 Å². The van der Waals surface area contributed by atoms with Crippen LogP contribution >= 0.6 is 0 Å². The molecule has 0 aliphatic rings. The summed E-state index contributed by atoms with van der Waals surface area (Å²) in [5.74, 6) is -0.461. The van der Waals surface area contributed by atoms with Gasteiger partial charge in [-0.05, 0) is 37.6 Å². The van der Waals surface area contributed by atoms with E-state index in [9.17, 15) is 14.4 Å². The molecule has 2 amide bonds. The van der Waals surface area contributed by atoms with E-state index in [-0.39, 0.29) is 17.4 Å². The molecule has 0 aliphatic heterocycles. The lowest BCUT2D eigenvalue weighted by atomic mass is 10.1. The zero-order valence-electron chi connectivity index (χ0n) is 14.1. The van der Waals surface area contributed by atoms with Crippen LogP contribution in [-0.4, -0.2) is 16.4 Å². The van der Waals surface area contributed by atoms with Crippen molar-refractivity contribution < 1.29 is 9.59 Å². The molecule has 0 aliphatic carbocycles. The fourth-order valence-corrected chi connectivity index (χ4v) is 2.19. The summed E-state index contributed by atoms with van der Waals surface area (Å²) in [7, 11) is 0. The number of benzene rings is 1. The first kappa shape index (κ1) is 17.5. The first-order valence-corrected chi connectivity index (χ1v) is 7.87. The van der Waals surface area contributed by atoms with Gasteiger partial charge in [0.15, 0.2) is 0 Å². The monoisotopic (exact) mass is 327 g/mol. The average Bonchev–Trinajstić information content (AvgIpc) is 2.57. The van der Waals surface area contributed by atoms with Gasteiger partial charge >= 0.3 is 0 Å². The molecular formula is C18H21N3O3. The number of rotatable bonds is 5. The second-order valence-corrected chi connectivity index (χ2v) is 5.43. The second kappa shape index (κ2) is 7.59. The van der Waals surface area contributed by atoms with Crippen molar-refractivity contribution in [3.63, 3.8) is 0 Å². The van der Waals surface area contributed by atoms with Crippen LogP contribution < -0.4 is 16.2 Å². The average molecular weight is 327 g/mol. The van der Waals surface area contributed by atoms with Crippen LogP contribution in [0, 0.1) is 6.92 Å². The molecular weight excluding hydrogens is 306 g/mol. The normalized spacial score (nSPS) is 10.3. The highest BCUT2D eigenvalue weighted by molar-refractivity contribution is 6.05. The number of amides is 2. The number of hydrogen-bond donors (Lipinski definition) is 2. The van der Waals surface area contributed by atoms with Crippen LogP contribution in [0.1, 0.15) is 36.2 Å². The summed E-state index contributed by atoms with van der Waals surface area (Å²) in [5, 5.41) is 5.54. The molecule has 1 aromatic heterocycles. The summed E-state index contributed by atoms with van der Waals surface area (Å²) in [6, 6.07) is 8.22. The van der Waals surface area contributed by atoms with Gasteiger partial charge in [-0.15, -0.1) is 0 Å². The molecule has 0 saturated carbocycles. The van der Waals surface area contributed by atoms with Crippen LogP contribution in [0.5, 0.6) is 0 Å². The maximum atomic E-state index is 12.4. The Balaban J connectivity index is 2.22. The Hall–Kier alpha value is -2.89. The molecule has 6 heteroatoms. The highest BCUT2D eigenvalue weighted by Gasteiger charge is 2.10. The maximum absolute atomic E-state index is 12.4. The van der Waals surface area contributed by atoms with Crippen LogP contribution in [0.4, 0.5) is 11.4 Å². The van der Waals surface area contributed by atoms with E-state index >= 15 is 0 Å². The van der Waals surface area contributed by atoms with Gasteiger partial charge in [0.1, 0.15) is 0 Å². The third-order valence-electron chi connectivity index (χ3n) is 3.69. The lowest BCUT2D eigenvalue weighted by Gasteiger charge is -2.12. The van der Waals surface area contributed by atoms with E-state index in [1.165, 1.54) is 10.6 Å². The Bertz CT molecular complexity index is 824. The number of nitrogens with zero attached hydrogens (tertiary/aromatic N) is 1. The smallest absolute Gasteiger partial charge is 0.255 e. The van der Waals surface area contributed by atoms with Crippen molar-refractivity contribution in [3.05, 3.63) is 58.0 Å². The minimum Gasteiger partial charge on any atom is -0.326 e. The van der Waals surface area contributed by atoms with Gasteiger partial charge in [-0.1, -0.05) is 13.0 Å². The summed E-state index contributed by atoms with van der Waals surface area (Å²) in [6.45, 7) is 6.04. The van der Waals surface area contributed by atoms with Gasteiger partial charge in [0.2, 0.25) is 5.91 Å². The molecule has 6 nitrogen and oxygen atoms in total. The maximum Gasteiger partial charge on any atom is 0.255 e. The number of carbonyl (C=O) groups excluding carboxylic acids is 2. The number of nitrogens with one attached hydrogen (secondary N) is 2. The van der Waals surface area contributed by atoms with E-state index in [4.69, 9.17) is 0 Å². The molecule has 1 heterocycles. The molecule has 0 radical (unpaired) electrons. The Morgan fingerprint density at radius 1 is 1.08 bits per heavy atom. The van der Waals surface area contributed by atoms with Crippen LogP contribution in [0.25, 0.3) is 0 Å². The van der Waals surface area contributed by atoms with Crippen molar-refractivity contribution in [2.45, 2.75) is 33.7 Å². The predicted octanol–water partition coefficient (Wildman–Crippen LogP) is 2.78. The molecule has 126 valence electrons. The third kappa shape index (κ3) is 4.10. The minimum atomic E-state index is -0.363. The van der Waals surface area contributed by atoms with Gasteiger partial charge in [0.05, 0.1) is 0 Å². The Labute approximate surface area is 140 Å². The summed E-state index contributed by atoms with van der Waals surface area (Å²) in [6.07, 6.45) is 1.98. The quantitative estimate of drug-likeness (QED) is 0.886. The fraction of sp³-hybridized carbons (Fsp3) is 0.278. The summed E-state index contributed by atoms with van der Waals surface area (Å²) in [5.41, 5.74) is 2.15. The van der Waals surface area contributed by atoms with E-state index in [1.54, 1.807) is 31.3 Å². The van der Waals surface area contributed by atoms with Gasteiger partial charge in [-0.25, -0.2) is 0 Å². The second-order valence-electron chi connectivity index (χ2n) is 5.43. The third-order valence-corrected chi connectivity index (χ3v) is 3.69. The van der Waals surface area contributed by atoms with Crippen LogP contribution in [0.3, 0.4) is 0 Å². The fourth-order valence-electron chi connectivity index (χ4n) is 2.19. The van der Waals surface area contributed by atoms with Crippen LogP contribution in [-0.2, 0) is 11.3 Å². The van der Waals surface area contributed by atoms with Gasteiger partial charge in [-0.3, -0.25) is 14.4 Å². The molecule has 2 aromatic rings. The zero-order chi connectivity index (χ0) is 17.7. The van der Waals surface area contributed by atoms with Gasteiger partial charge in [-0.2, -0.15) is 0 Å². The van der Waals surface area contributed by atoms with Crippen LogP contribution in [0.2, 0.25) is 0 Å². The number of pyridine rings is 1. The minimum absolute atomic E-state index is 0.0979. The molecule has 2 rings (SSSR count). The molecule has 1 aromatic carbocycles. The Morgan fingerprint density at radius 3 is 2.46 bits per heavy atom. The van der Waals surface area contributed by atoms with E-state index in [0.29, 0.717) is 29.9 Å². The molecule has 0 spiro atoms. The standard InChI is InChI=1S/C18H21N3O3/c1-4-16(22)19-14-7-6-12(3)15(11-14)20-18(24)13-8-9-21(5-2)17(23)10-13/h6-11H,4-5H2,1-3H3,(H,19,22)(H,20,24). The lowest BCUT2D eigenvalue weighted by molar-refractivity contribution is -0.115.